The molecule has 0 N–H and O–H groups in total. The van der Waals surface area contributed by atoms with Gasteiger partial charge in [-0.2, -0.15) is 5.10 Å². The number of rotatable bonds is 4. The van der Waals surface area contributed by atoms with E-state index in [2.05, 4.69) is 28.0 Å². The van der Waals surface area contributed by atoms with Gasteiger partial charge < -0.3 is 9.47 Å². The van der Waals surface area contributed by atoms with Crippen molar-refractivity contribution in [1.29, 1.82) is 0 Å². The summed E-state index contributed by atoms with van der Waals surface area (Å²) in [6.45, 7) is 1.64. The van der Waals surface area contributed by atoms with Crippen LogP contribution in [0.4, 0.5) is 0 Å². The number of aromatic nitrogens is 3. The van der Waals surface area contributed by atoms with Crippen LogP contribution in [0.3, 0.4) is 0 Å². The Kier molecular flexibility index (Phi) is 3.84. The second-order valence-corrected chi connectivity index (χ2v) is 6.57. The van der Waals surface area contributed by atoms with E-state index in [9.17, 15) is 4.79 Å². The van der Waals surface area contributed by atoms with E-state index in [1.807, 2.05) is 41.0 Å². The lowest BCUT2D eigenvalue weighted by Crippen LogP contribution is -2.39. The van der Waals surface area contributed by atoms with E-state index >= 15 is 0 Å². The second-order valence-electron chi connectivity index (χ2n) is 6.57. The van der Waals surface area contributed by atoms with Gasteiger partial charge in [-0.1, -0.05) is 18.2 Å². The molecule has 1 aliphatic rings. The maximum atomic E-state index is 12.9. The Morgan fingerprint density at radius 1 is 1.29 bits per heavy atom. The number of aryl methyl sites for hydroxylation is 1. The van der Waals surface area contributed by atoms with Crippen LogP contribution >= 0.6 is 0 Å². The first kappa shape index (κ1) is 15.0. The summed E-state index contributed by atoms with van der Waals surface area (Å²) in [6, 6.07) is 10.5. The highest BCUT2D eigenvalue weighted by atomic mass is 16.2. The standard InChI is InChI=1S/C19H22N4O/c1-21-13-15(17-7-2-3-8-18(17)21)12-19(24)23-11-4-6-16(23)14-22-10-5-9-20-22/h2-3,5,7-10,13,16H,4,6,11-12,14H2,1H3/t16-/m0/s1. The smallest absolute Gasteiger partial charge is 0.227 e. The van der Waals surface area contributed by atoms with Crippen molar-refractivity contribution in [2.75, 3.05) is 6.54 Å². The summed E-state index contributed by atoms with van der Waals surface area (Å²) < 4.78 is 4.03. The van der Waals surface area contributed by atoms with Crippen LogP contribution in [0, 0.1) is 0 Å². The fraction of sp³-hybridized carbons (Fsp3) is 0.368. The molecule has 124 valence electrons. The highest BCUT2D eigenvalue weighted by molar-refractivity contribution is 5.89. The molecule has 2 aromatic heterocycles. The van der Waals surface area contributed by atoms with Crippen LogP contribution in [-0.2, 0) is 24.8 Å². The van der Waals surface area contributed by atoms with Crippen LogP contribution in [0.2, 0.25) is 0 Å². The molecule has 0 unspecified atom stereocenters. The summed E-state index contributed by atoms with van der Waals surface area (Å²) in [7, 11) is 2.03. The first-order chi connectivity index (χ1) is 11.7. The molecule has 4 rings (SSSR count). The van der Waals surface area contributed by atoms with Gasteiger partial charge >= 0.3 is 0 Å². The molecule has 1 amide bonds. The fourth-order valence-corrected chi connectivity index (χ4v) is 3.81. The number of amides is 1. The van der Waals surface area contributed by atoms with E-state index in [4.69, 9.17) is 0 Å². The quantitative estimate of drug-likeness (QED) is 0.741. The predicted molar refractivity (Wildman–Crippen MR) is 93.6 cm³/mol. The third kappa shape index (κ3) is 2.70. The van der Waals surface area contributed by atoms with Gasteiger partial charge in [-0.3, -0.25) is 9.48 Å². The number of hydrogen-bond donors (Lipinski definition) is 0. The molecular formula is C19H22N4O. The number of hydrogen-bond acceptors (Lipinski definition) is 2. The van der Waals surface area contributed by atoms with Gasteiger partial charge in [-0.05, 0) is 30.5 Å². The molecule has 1 atom stereocenters. The Bertz CT molecular complexity index is 850. The Morgan fingerprint density at radius 3 is 3.00 bits per heavy atom. The first-order valence-electron chi connectivity index (χ1n) is 8.52. The number of benzene rings is 1. The van der Waals surface area contributed by atoms with Crippen molar-refractivity contribution in [1.82, 2.24) is 19.2 Å². The van der Waals surface area contributed by atoms with Crippen molar-refractivity contribution in [2.45, 2.75) is 31.8 Å². The summed E-state index contributed by atoms with van der Waals surface area (Å²) in [5.74, 6) is 0.223. The van der Waals surface area contributed by atoms with Crippen molar-refractivity contribution in [3.05, 3.63) is 54.5 Å². The maximum Gasteiger partial charge on any atom is 0.227 e. The van der Waals surface area contributed by atoms with E-state index in [1.165, 1.54) is 10.9 Å². The van der Waals surface area contributed by atoms with Gasteiger partial charge in [0.25, 0.3) is 0 Å². The average molecular weight is 322 g/mol. The lowest BCUT2D eigenvalue weighted by molar-refractivity contribution is -0.131. The third-order valence-corrected chi connectivity index (χ3v) is 4.98. The molecule has 0 spiro atoms. The van der Waals surface area contributed by atoms with E-state index in [-0.39, 0.29) is 11.9 Å². The van der Waals surface area contributed by atoms with Gasteiger partial charge in [0.2, 0.25) is 5.91 Å². The zero-order chi connectivity index (χ0) is 16.5. The third-order valence-electron chi connectivity index (χ3n) is 4.98. The molecule has 3 aromatic rings. The van der Waals surface area contributed by atoms with Crippen LogP contribution in [0.1, 0.15) is 18.4 Å². The molecule has 1 aromatic carbocycles. The molecule has 1 aliphatic heterocycles. The Labute approximate surface area is 141 Å². The number of carbonyl (C=O) groups excluding carboxylic acids is 1. The van der Waals surface area contributed by atoms with Crippen LogP contribution in [0.25, 0.3) is 10.9 Å². The van der Waals surface area contributed by atoms with Crippen LogP contribution in [-0.4, -0.2) is 37.7 Å². The predicted octanol–water partition coefficient (Wildman–Crippen LogP) is 2.61. The first-order valence-corrected chi connectivity index (χ1v) is 8.52. The lowest BCUT2D eigenvalue weighted by Gasteiger charge is -2.24. The Hall–Kier alpha value is -2.56. The molecule has 3 heterocycles. The summed E-state index contributed by atoms with van der Waals surface area (Å²) in [4.78, 5) is 14.9. The summed E-state index contributed by atoms with van der Waals surface area (Å²) >= 11 is 0. The van der Waals surface area contributed by atoms with Crippen molar-refractivity contribution >= 4 is 16.8 Å². The van der Waals surface area contributed by atoms with Crippen molar-refractivity contribution in [3.8, 4) is 0 Å². The zero-order valence-corrected chi connectivity index (χ0v) is 13.9. The fourth-order valence-electron chi connectivity index (χ4n) is 3.81. The highest BCUT2D eigenvalue weighted by Crippen LogP contribution is 2.24. The molecule has 5 nitrogen and oxygen atoms in total. The highest BCUT2D eigenvalue weighted by Gasteiger charge is 2.29. The number of para-hydroxylation sites is 1. The zero-order valence-electron chi connectivity index (χ0n) is 13.9. The van der Waals surface area contributed by atoms with E-state index < -0.39 is 0 Å². The molecule has 1 fully saturated rings. The molecular weight excluding hydrogens is 300 g/mol. The summed E-state index contributed by atoms with van der Waals surface area (Å²) in [6.07, 6.45) is 8.44. The number of likely N-dealkylation sites (tertiary alicyclic amines) is 1. The van der Waals surface area contributed by atoms with E-state index in [0.717, 1.165) is 31.5 Å². The number of fused-ring (bicyclic) bond motifs is 1. The van der Waals surface area contributed by atoms with Gasteiger partial charge in [0.1, 0.15) is 0 Å². The molecule has 1 saturated heterocycles. The van der Waals surface area contributed by atoms with Crippen LogP contribution < -0.4 is 0 Å². The van der Waals surface area contributed by atoms with Gasteiger partial charge in [-0.15, -0.1) is 0 Å². The van der Waals surface area contributed by atoms with Gasteiger partial charge in [0.05, 0.1) is 19.0 Å². The topological polar surface area (TPSA) is 43.1 Å². The minimum absolute atomic E-state index is 0.223. The molecule has 0 bridgehead atoms. The normalized spacial score (nSPS) is 17.7. The van der Waals surface area contributed by atoms with Crippen molar-refractivity contribution in [3.63, 3.8) is 0 Å². The van der Waals surface area contributed by atoms with Crippen LogP contribution in [0.15, 0.2) is 48.9 Å². The number of carbonyl (C=O) groups is 1. The minimum Gasteiger partial charge on any atom is -0.350 e. The van der Waals surface area contributed by atoms with Gasteiger partial charge in [-0.25, -0.2) is 0 Å². The summed E-state index contributed by atoms with van der Waals surface area (Å²) in [5, 5.41) is 5.45. The maximum absolute atomic E-state index is 12.9. The minimum atomic E-state index is 0.223. The Balaban J connectivity index is 1.52. The molecule has 24 heavy (non-hydrogen) atoms. The van der Waals surface area contributed by atoms with Gasteiger partial charge in [0, 0.05) is 43.1 Å². The largest absolute Gasteiger partial charge is 0.350 e. The molecule has 5 heteroatoms. The lowest BCUT2D eigenvalue weighted by atomic mass is 10.1. The second kappa shape index (κ2) is 6.15. The molecule has 0 aliphatic carbocycles. The van der Waals surface area contributed by atoms with Gasteiger partial charge in [0.15, 0.2) is 0 Å². The number of nitrogens with zero attached hydrogens (tertiary/aromatic N) is 4. The summed E-state index contributed by atoms with van der Waals surface area (Å²) in [5.41, 5.74) is 2.29. The van der Waals surface area contributed by atoms with Crippen LogP contribution in [0.5, 0.6) is 0 Å². The molecule has 0 saturated carbocycles. The SMILES string of the molecule is Cn1cc(CC(=O)N2CCC[C@H]2Cn2cccn2)c2ccccc21. The Morgan fingerprint density at radius 2 is 2.17 bits per heavy atom. The van der Waals surface area contributed by atoms with Crippen molar-refractivity contribution in [2.24, 2.45) is 7.05 Å². The van der Waals surface area contributed by atoms with Crippen molar-refractivity contribution < 1.29 is 4.79 Å². The average Bonchev–Trinajstić information content (AvgIpc) is 3.31. The van der Waals surface area contributed by atoms with E-state index in [0.29, 0.717) is 6.42 Å². The monoisotopic (exact) mass is 322 g/mol. The molecule has 0 radical (unpaired) electrons. The van der Waals surface area contributed by atoms with E-state index in [1.54, 1.807) is 6.20 Å².